The molecule has 2 atom stereocenters. The summed E-state index contributed by atoms with van der Waals surface area (Å²) in [6.07, 6.45) is 0. The van der Waals surface area contributed by atoms with Crippen molar-refractivity contribution in [3.8, 4) is 0 Å². The summed E-state index contributed by atoms with van der Waals surface area (Å²) < 4.78 is 0. The van der Waals surface area contributed by atoms with Crippen LogP contribution in [0.15, 0.2) is 24.3 Å². The monoisotopic (exact) mass is 207 g/mol. The van der Waals surface area contributed by atoms with E-state index in [9.17, 15) is 4.79 Å². The number of carboxylic acids is 1. The van der Waals surface area contributed by atoms with E-state index >= 15 is 0 Å². The summed E-state index contributed by atoms with van der Waals surface area (Å²) in [6, 6.07) is 7.59. The lowest BCUT2D eigenvalue weighted by molar-refractivity contribution is -0.139. The zero-order chi connectivity index (χ0) is 11.4. The standard InChI is InChI=1S/C12H17NO2/c1-8-5-4-6-11(7-8)9(2)13-10(3)12(14)15/h4-7,9-10,13H,1-3H3,(H,14,15). The molecule has 0 heterocycles. The van der Waals surface area contributed by atoms with E-state index in [1.807, 2.05) is 32.0 Å². The molecule has 0 saturated carbocycles. The summed E-state index contributed by atoms with van der Waals surface area (Å²) in [4.78, 5) is 10.7. The van der Waals surface area contributed by atoms with Crippen LogP contribution in [0.4, 0.5) is 0 Å². The zero-order valence-corrected chi connectivity index (χ0v) is 9.32. The van der Waals surface area contributed by atoms with Crippen LogP contribution >= 0.6 is 0 Å². The van der Waals surface area contributed by atoms with Crippen molar-refractivity contribution in [3.63, 3.8) is 0 Å². The minimum absolute atomic E-state index is 0.0519. The average molecular weight is 207 g/mol. The van der Waals surface area contributed by atoms with Gasteiger partial charge in [-0.3, -0.25) is 10.1 Å². The first kappa shape index (κ1) is 11.7. The van der Waals surface area contributed by atoms with Gasteiger partial charge in [0.25, 0.3) is 0 Å². The van der Waals surface area contributed by atoms with E-state index in [4.69, 9.17) is 5.11 Å². The van der Waals surface area contributed by atoms with Gasteiger partial charge in [0, 0.05) is 6.04 Å². The minimum Gasteiger partial charge on any atom is -0.480 e. The Morgan fingerprint density at radius 3 is 2.60 bits per heavy atom. The molecule has 0 amide bonds. The molecule has 1 aromatic rings. The van der Waals surface area contributed by atoms with E-state index in [-0.39, 0.29) is 6.04 Å². The van der Waals surface area contributed by atoms with Crippen molar-refractivity contribution in [3.05, 3.63) is 35.4 Å². The smallest absolute Gasteiger partial charge is 0.320 e. The first-order valence-corrected chi connectivity index (χ1v) is 5.06. The second kappa shape index (κ2) is 4.94. The molecule has 82 valence electrons. The van der Waals surface area contributed by atoms with Gasteiger partial charge in [-0.2, -0.15) is 0 Å². The lowest BCUT2D eigenvalue weighted by Gasteiger charge is -2.17. The molecule has 15 heavy (non-hydrogen) atoms. The maximum Gasteiger partial charge on any atom is 0.320 e. The number of rotatable bonds is 4. The van der Waals surface area contributed by atoms with Crippen LogP contribution in [0.3, 0.4) is 0 Å². The molecule has 3 heteroatoms. The normalized spacial score (nSPS) is 14.6. The van der Waals surface area contributed by atoms with Gasteiger partial charge in [-0.25, -0.2) is 0 Å². The largest absolute Gasteiger partial charge is 0.480 e. The van der Waals surface area contributed by atoms with Gasteiger partial charge in [-0.05, 0) is 26.3 Å². The van der Waals surface area contributed by atoms with Gasteiger partial charge in [0.05, 0.1) is 0 Å². The van der Waals surface area contributed by atoms with Gasteiger partial charge in [-0.1, -0.05) is 29.8 Å². The highest BCUT2D eigenvalue weighted by atomic mass is 16.4. The predicted molar refractivity (Wildman–Crippen MR) is 59.8 cm³/mol. The number of carbonyl (C=O) groups is 1. The van der Waals surface area contributed by atoms with Gasteiger partial charge in [0.15, 0.2) is 0 Å². The van der Waals surface area contributed by atoms with E-state index in [1.54, 1.807) is 6.92 Å². The van der Waals surface area contributed by atoms with Crippen molar-refractivity contribution in [2.45, 2.75) is 32.9 Å². The van der Waals surface area contributed by atoms with Gasteiger partial charge >= 0.3 is 5.97 Å². The molecule has 0 aliphatic rings. The van der Waals surface area contributed by atoms with Crippen LogP contribution in [0.2, 0.25) is 0 Å². The van der Waals surface area contributed by atoms with E-state index in [0.29, 0.717) is 0 Å². The molecule has 0 aromatic heterocycles. The SMILES string of the molecule is Cc1cccc(C(C)NC(C)C(=O)O)c1. The van der Waals surface area contributed by atoms with Crippen LogP contribution in [0.25, 0.3) is 0 Å². The number of aliphatic carboxylic acids is 1. The minimum atomic E-state index is -0.825. The van der Waals surface area contributed by atoms with Gasteiger partial charge in [0.2, 0.25) is 0 Å². The highest BCUT2D eigenvalue weighted by Gasteiger charge is 2.14. The van der Waals surface area contributed by atoms with Crippen LogP contribution in [0, 0.1) is 6.92 Å². The molecular formula is C12H17NO2. The molecule has 0 radical (unpaired) electrons. The number of hydrogen-bond acceptors (Lipinski definition) is 2. The zero-order valence-electron chi connectivity index (χ0n) is 9.32. The fourth-order valence-electron chi connectivity index (χ4n) is 1.48. The Balaban J connectivity index is 2.68. The molecule has 2 unspecified atom stereocenters. The third-order valence-corrected chi connectivity index (χ3v) is 2.41. The highest BCUT2D eigenvalue weighted by molar-refractivity contribution is 5.72. The number of carboxylic acid groups (broad SMARTS) is 1. The molecule has 1 aromatic carbocycles. The Labute approximate surface area is 90.1 Å². The quantitative estimate of drug-likeness (QED) is 0.795. The number of benzene rings is 1. The van der Waals surface area contributed by atoms with E-state index in [0.717, 1.165) is 5.56 Å². The first-order chi connectivity index (χ1) is 7.00. The van der Waals surface area contributed by atoms with Crippen LogP contribution in [0.5, 0.6) is 0 Å². The fourth-order valence-corrected chi connectivity index (χ4v) is 1.48. The van der Waals surface area contributed by atoms with Crippen LogP contribution in [0.1, 0.15) is 31.0 Å². The van der Waals surface area contributed by atoms with Gasteiger partial charge in [-0.15, -0.1) is 0 Å². The first-order valence-electron chi connectivity index (χ1n) is 5.06. The van der Waals surface area contributed by atoms with Crippen LogP contribution in [-0.4, -0.2) is 17.1 Å². The topological polar surface area (TPSA) is 49.3 Å². The molecule has 0 aliphatic heterocycles. The number of aryl methyl sites for hydroxylation is 1. The molecule has 1 rings (SSSR count). The summed E-state index contributed by atoms with van der Waals surface area (Å²) in [5.74, 6) is -0.825. The second-order valence-electron chi connectivity index (χ2n) is 3.86. The Bertz CT molecular complexity index is 349. The molecule has 0 fully saturated rings. The molecule has 2 N–H and O–H groups in total. The summed E-state index contributed by atoms with van der Waals surface area (Å²) in [5, 5.41) is 11.8. The molecule has 0 spiro atoms. The van der Waals surface area contributed by atoms with Crippen molar-refractivity contribution in [1.29, 1.82) is 0 Å². The Morgan fingerprint density at radius 1 is 1.40 bits per heavy atom. The lowest BCUT2D eigenvalue weighted by atomic mass is 10.1. The predicted octanol–water partition coefficient (Wildman–Crippen LogP) is 2.12. The van der Waals surface area contributed by atoms with Gasteiger partial charge in [0.1, 0.15) is 6.04 Å². The summed E-state index contributed by atoms with van der Waals surface area (Å²) >= 11 is 0. The van der Waals surface area contributed by atoms with E-state index in [1.165, 1.54) is 5.56 Å². The van der Waals surface area contributed by atoms with Crippen molar-refractivity contribution in [1.82, 2.24) is 5.32 Å². The van der Waals surface area contributed by atoms with Crippen molar-refractivity contribution >= 4 is 5.97 Å². The lowest BCUT2D eigenvalue weighted by Crippen LogP contribution is -2.35. The number of nitrogens with one attached hydrogen (secondary N) is 1. The Kier molecular flexibility index (Phi) is 3.86. The Hall–Kier alpha value is -1.35. The number of hydrogen-bond donors (Lipinski definition) is 2. The molecule has 0 bridgehead atoms. The molecular weight excluding hydrogens is 190 g/mol. The van der Waals surface area contributed by atoms with Crippen molar-refractivity contribution in [2.75, 3.05) is 0 Å². The maximum absolute atomic E-state index is 10.7. The molecule has 3 nitrogen and oxygen atoms in total. The van der Waals surface area contributed by atoms with E-state index in [2.05, 4.69) is 11.4 Å². The Morgan fingerprint density at radius 2 is 2.07 bits per heavy atom. The third-order valence-electron chi connectivity index (χ3n) is 2.41. The van der Waals surface area contributed by atoms with E-state index < -0.39 is 12.0 Å². The third kappa shape index (κ3) is 3.36. The fraction of sp³-hybridized carbons (Fsp3) is 0.417. The summed E-state index contributed by atoms with van der Waals surface area (Å²) in [7, 11) is 0. The van der Waals surface area contributed by atoms with Gasteiger partial charge < -0.3 is 5.11 Å². The molecule has 0 aliphatic carbocycles. The molecule has 0 saturated heterocycles. The highest BCUT2D eigenvalue weighted by Crippen LogP contribution is 2.14. The van der Waals surface area contributed by atoms with Crippen molar-refractivity contribution in [2.24, 2.45) is 0 Å². The second-order valence-corrected chi connectivity index (χ2v) is 3.86. The summed E-state index contributed by atoms with van der Waals surface area (Å²) in [6.45, 7) is 5.64. The van der Waals surface area contributed by atoms with Crippen LogP contribution in [-0.2, 0) is 4.79 Å². The van der Waals surface area contributed by atoms with Crippen molar-refractivity contribution < 1.29 is 9.90 Å². The maximum atomic E-state index is 10.7. The summed E-state index contributed by atoms with van der Waals surface area (Å²) in [5.41, 5.74) is 2.30. The van der Waals surface area contributed by atoms with Crippen LogP contribution < -0.4 is 5.32 Å². The average Bonchev–Trinajstić information content (AvgIpc) is 2.17.